The molecule has 0 unspecified atom stereocenters. The Morgan fingerprint density at radius 3 is 2.24 bits per heavy atom. The second-order valence-corrected chi connectivity index (χ2v) is 13.6. The molecule has 49 heavy (non-hydrogen) atoms. The average molecular weight is 668 g/mol. The van der Waals surface area contributed by atoms with Gasteiger partial charge in [0.2, 0.25) is 5.88 Å². The maximum atomic E-state index is 14.4. The largest absolute Gasteiger partial charge is 0.438 e. The van der Waals surface area contributed by atoms with Crippen molar-refractivity contribution in [2.75, 3.05) is 19.6 Å². The van der Waals surface area contributed by atoms with E-state index >= 15 is 0 Å². The zero-order chi connectivity index (χ0) is 34.5. The van der Waals surface area contributed by atoms with E-state index in [1.165, 1.54) is 5.56 Å². The quantitative estimate of drug-likeness (QED) is 0.207. The lowest BCUT2D eigenvalue weighted by atomic mass is 9.91. The molecule has 1 aliphatic carbocycles. The molecule has 2 amide bonds. The number of hydrogen-bond acceptors (Lipinski definition) is 7. The number of aromatic nitrogens is 3. The van der Waals surface area contributed by atoms with Gasteiger partial charge >= 0.3 is 0 Å². The van der Waals surface area contributed by atoms with Gasteiger partial charge in [-0.2, -0.15) is 5.10 Å². The summed E-state index contributed by atoms with van der Waals surface area (Å²) in [5.74, 6) is -0.731. The first kappa shape index (κ1) is 34.3. The van der Waals surface area contributed by atoms with Crippen molar-refractivity contribution < 1.29 is 18.7 Å². The number of benzene rings is 2. The lowest BCUT2D eigenvalue weighted by molar-refractivity contribution is 0.0887. The van der Waals surface area contributed by atoms with E-state index in [-0.39, 0.29) is 29.4 Å². The van der Waals surface area contributed by atoms with E-state index in [0.29, 0.717) is 49.2 Å². The van der Waals surface area contributed by atoms with Crippen LogP contribution in [0.5, 0.6) is 11.6 Å². The van der Waals surface area contributed by atoms with E-state index < -0.39 is 11.7 Å². The predicted octanol–water partition coefficient (Wildman–Crippen LogP) is 5.42. The summed E-state index contributed by atoms with van der Waals surface area (Å²) in [6.07, 6.45) is 4.76. The number of pyridine rings is 1. The number of aryl methyl sites for hydroxylation is 2. The molecule has 1 aliphatic heterocycles. The SMILES string of the molecule is Cc1cc(C(=O)N[C@H]2CC[C@@H](NC(=O)c3cc(F)cnc3Oc3cccc(-c4cccc(CCN5C[C@@H](C)N[C@@H](C)C5)c4)c3)CC2)nn1C. The van der Waals surface area contributed by atoms with E-state index in [1.54, 1.807) is 23.9 Å². The zero-order valence-electron chi connectivity index (χ0n) is 28.7. The molecule has 0 spiro atoms. The topological polar surface area (TPSA) is 113 Å². The molecule has 4 aromatic rings. The summed E-state index contributed by atoms with van der Waals surface area (Å²) < 4.78 is 22.2. The number of amides is 2. The van der Waals surface area contributed by atoms with Gasteiger partial charge in [0.05, 0.1) is 6.20 Å². The van der Waals surface area contributed by atoms with Crippen LogP contribution in [0.4, 0.5) is 4.39 Å². The molecular weight excluding hydrogens is 621 g/mol. The van der Waals surface area contributed by atoms with Crippen LogP contribution in [0, 0.1) is 12.7 Å². The van der Waals surface area contributed by atoms with Crippen molar-refractivity contribution in [2.45, 2.75) is 77.0 Å². The maximum absolute atomic E-state index is 14.4. The number of ether oxygens (including phenoxy) is 1. The molecule has 2 aliphatic rings. The second kappa shape index (κ2) is 15.3. The Morgan fingerprint density at radius 2 is 1.57 bits per heavy atom. The van der Waals surface area contributed by atoms with Crippen molar-refractivity contribution >= 4 is 11.8 Å². The summed E-state index contributed by atoms with van der Waals surface area (Å²) in [4.78, 5) is 32.7. The minimum Gasteiger partial charge on any atom is -0.438 e. The lowest BCUT2D eigenvalue weighted by Gasteiger charge is -2.36. The van der Waals surface area contributed by atoms with Crippen LogP contribution in [0.1, 0.15) is 71.6 Å². The average Bonchev–Trinajstić information content (AvgIpc) is 3.43. The number of rotatable bonds is 10. The summed E-state index contributed by atoms with van der Waals surface area (Å²) in [7, 11) is 1.80. The lowest BCUT2D eigenvalue weighted by Crippen LogP contribution is -2.54. The highest BCUT2D eigenvalue weighted by molar-refractivity contribution is 5.96. The molecule has 1 saturated heterocycles. The van der Waals surface area contributed by atoms with Crippen molar-refractivity contribution in [3.8, 4) is 22.8 Å². The van der Waals surface area contributed by atoms with Crippen LogP contribution < -0.4 is 20.7 Å². The summed E-state index contributed by atoms with van der Waals surface area (Å²) in [5.41, 5.74) is 4.64. The molecule has 2 aromatic heterocycles. The fourth-order valence-electron chi connectivity index (χ4n) is 6.91. The third-order valence-electron chi connectivity index (χ3n) is 9.47. The highest BCUT2D eigenvalue weighted by Gasteiger charge is 2.27. The van der Waals surface area contributed by atoms with Gasteiger partial charge in [0, 0.05) is 56.5 Å². The van der Waals surface area contributed by atoms with Gasteiger partial charge in [0.25, 0.3) is 11.8 Å². The molecule has 0 bridgehead atoms. The Morgan fingerprint density at radius 1 is 0.918 bits per heavy atom. The van der Waals surface area contributed by atoms with Crippen molar-refractivity contribution in [3.63, 3.8) is 0 Å². The molecule has 1 saturated carbocycles. The molecule has 0 radical (unpaired) electrons. The van der Waals surface area contributed by atoms with E-state index in [1.807, 2.05) is 25.1 Å². The summed E-state index contributed by atoms with van der Waals surface area (Å²) in [5, 5.41) is 13.9. The normalized spacial score (nSPS) is 21.2. The molecule has 6 rings (SSSR count). The molecule has 3 heterocycles. The third-order valence-corrected chi connectivity index (χ3v) is 9.47. The first-order valence-corrected chi connectivity index (χ1v) is 17.2. The van der Waals surface area contributed by atoms with E-state index in [0.717, 1.165) is 55.1 Å². The van der Waals surface area contributed by atoms with E-state index in [4.69, 9.17) is 4.74 Å². The minimum absolute atomic E-state index is 0.00878. The van der Waals surface area contributed by atoms with Crippen molar-refractivity contribution in [2.24, 2.45) is 7.05 Å². The van der Waals surface area contributed by atoms with Gasteiger partial charge < -0.3 is 20.7 Å². The maximum Gasteiger partial charge on any atom is 0.272 e. The minimum atomic E-state index is -0.621. The molecule has 258 valence electrons. The Bertz CT molecular complexity index is 1760. The molecule has 11 heteroatoms. The molecular formula is C38H46FN7O3. The van der Waals surface area contributed by atoms with Crippen LogP contribution in [0.3, 0.4) is 0 Å². The highest BCUT2D eigenvalue weighted by atomic mass is 19.1. The van der Waals surface area contributed by atoms with Crippen LogP contribution in [-0.4, -0.2) is 75.3 Å². The summed E-state index contributed by atoms with van der Waals surface area (Å²) >= 11 is 0. The van der Waals surface area contributed by atoms with Crippen LogP contribution in [0.2, 0.25) is 0 Å². The van der Waals surface area contributed by atoms with Crippen LogP contribution in [0.25, 0.3) is 11.1 Å². The smallest absolute Gasteiger partial charge is 0.272 e. The van der Waals surface area contributed by atoms with E-state index in [9.17, 15) is 14.0 Å². The first-order valence-electron chi connectivity index (χ1n) is 17.2. The Labute approximate surface area is 287 Å². The van der Waals surface area contributed by atoms with Crippen molar-refractivity contribution in [3.05, 3.63) is 95.2 Å². The Kier molecular flexibility index (Phi) is 10.7. The van der Waals surface area contributed by atoms with Crippen LogP contribution in [0.15, 0.2) is 66.9 Å². The molecule has 3 N–H and O–H groups in total. The van der Waals surface area contributed by atoms with Crippen LogP contribution in [-0.2, 0) is 13.5 Å². The van der Waals surface area contributed by atoms with Gasteiger partial charge in [-0.25, -0.2) is 9.37 Å². The van der Waals surface area contributed by atoms with Gasteiger partial charge in [-0.3, -0.25) is 19.2 Å². The number of piperazine rings is 1. The van der Waals surface area contributed by atoms with Gasteiger partial charge in [0.15, 0.2) is 0 Å². The predicted molar refractivity (Wildman–Crippen MR) is 187 cm³/mol. The number of carbonyl (C=O) groups excluding carboxylic acids is 2. The monoisotopic (exact) mass is 667 g/mol. The van der Waals surface area contributed by atoms with Gasteiger partial charge in [-0.1, -0.05) is 36.4 Å². The van der Waals surface area contributed by atoms with Crippen LogP contribution >= 0.6 is 0 Å². The number of carbonyl (C=O) groups is 2. The Balaban J connectivity index is 1.06. The van der Waals surface area contributed by atoms with Crippen molar-refractivity contribution in [1.82, 2.24) is 35.6 Å². The molecule has 2 aromatic carbocycles. The van der Waals surface area contributed by atoms with Gasteiger partial charge in [-0.05, 0) is 93.8 Å². The number of nitrogens with one attached hydrogen (secondary N) is 3. The third kappa shape index (κ3) is 8.90. The first-order chi connectivity index (χ1) is 23.6. The van der Waals surface area contributed by atoms with E-state index in [2.05, 4.69) is 69.0 Å². The van der Waals surface area contributed by atoms with Gasteiger partial charge in [0.1, 0.15) is 22.8 Å². The standard InChI is InChI=1S/C38H46FN7O3/c1-24-22-46(23-25(2)41-24)16-15-27-7-5-8-28(18-27)29-9-6-10-33(19-29)49-38-34(20-30(39)21-40-38)36(47)42-31-11-13-32(14-12-31)43-37(48)35-17-26(3)45(4)44-35/h5-10,17-21,24-25,31-32,41H,11-16,22-23H2,1-4H3,(H,42,47)(H,43,48)/t24-,25+,31-,32+. The zero-order valence-corrected chi connectivity index (χ0v) is 28.7. The molecule has 10 nitrogen and oxygen atoms in total. The number of halogens is 1. The highest BCUT2D eigenvalue weighted by Crippen LogP contribution is 2.30. The molecule has 2 fully saturated rings. The fourth-order valence-corrected chi connectivity index (χ4v) is 6.91. The summed E-state index contributed by atoms with van der Waals surface area (Å²) in [6.45, 7) is 9.47. The second-order valence-electron chi connectivity index (χ2n) is 13.6. The fraction of sp³-hybridized carbons (Fsp3) is 0.421. The summed E-state index contributed by atoms with van der Waals surface area (Å²) in [6, 6.07) is 19.9. The van der Waals surface area contributed by atoms with Crippen molar-refractivity contribution in [1.29, 1.82) is 0 Å². The van der Waals surface area contributed by atoms with Gasteiger partial charge in [-0.15, -0.1) is 0 Å². The number of hydrogen-bond donors (Lipinski definition) is 3. The molecule has 2 atom stereocenters. The number of nitrogens with zero attached hydrogens (tertiary/aromatic N) is 4. The Hall–Kier alpha value is -4.61.